The first-order valence-electron chi connectivity index (χ1n) is 5.26. The number of carbonyl (C=O) groups is 1. The zero-order valence-electron chi connectivity index (χ0n) is 8.53. The van der Waals surface area contributed by atoms with Crippen molar-refractivity contribution in [2.45, 2.75) is 38.2 Å². The number of aliphatic hydroxyl groups is 1. The van der Waals surface area contributed by atoms with Crippen molar-refractivity contribution >= 4 is 5.91 Å². The molecule has 14 heavy (non-hydrogen) atoms. The molecule has 1 aliphatic carbocycles. The molecule has 0 aromatic carbocycles. The molecule has 0 aromatic rings. The summed E-state index contributed by atoms with van der Waals surface area (Å²) in [6.45, 7) is 2.26. The first-order chi connectivity index (χ1) is 6.65. The Labute approximate surface area is 83.8 Å². The number of amides is 1. The van der Waals surface area contributed by atoms with Crippen molar-refractivity contribution in [3.8, 4) is 0 Å². The second-order valence-electron chi connectivity index (χ2n) is 4.43. The van der Waals surface area contributed by atoms with Crippen molar-refractivity contribution in [2.24, 2.45) is 5.92 Å². The fraction of sp³-hybridized carbons (Fsp3) is 0.900. The minimum absolute atomic E-state index is 0.00782. The summed E-state index contributed by atoms with van der Waals surface area (Å²) in [5.74, 6) is 0.531. The second kappa shape index (κ2) is 3.51. The molecule has 1 N–H and O–H groups in total. The third-order valence-electron chi connectivity index (χ3n) is 3.37. The first kappa shape index (κ1) is 9.93. The highest BCUT2D eigenvalue weighted by molar-refractivity contribution is 5.78. The monoisotopic (exact) mass is 199 g/mol. The van der Waals surface area contributed by atoms with Crippen LogP contribution in [0.1, 0.15) is 32.6 Å². The average molecular weight is 199 g/mol. The van der Waals surface area contributed by atoms with Crippen molar-refractivity contribution in [3.63, 3.8) is 0 Å². The molecule has 0 radical (unpaired) electrons. The van der Waals surface area contributed by atoms with Gasteiger partial charge in [0.25, 0.3) is 0 Å². The fourth-order valence-corrected chi connectivity index (χ4v) is 2.22. The number of hydrogen-bond donors (Lipinski definition) is 1. The van der Waals surface area contributed by atoms with Gasteiger partial charge in [0, 0.05) is 0 Å². The van der Waals surface area contributed by atoms with Crippen LogP contribution in [-0.2, 0) is 9.63 Å². The smallest absolute Gasteiger partial charge is 0.249 e. The lowest BCUT2D eigenvalue weighted by atomic mass is 9.72. The van der Waals surface area contributed by atoms with Crippen LogP contribution in [0.4, 0.5) is 0 Å². The van der Waals surface area contributed by atoms with E-state index in [0.717, 1.165) is 12.8 Å². The summed E-state index contributed by atoms with van der Waals surface area (Å²) in [5.41, 5.74) is -0.301. The van der Waals surface area contributed by atoms with Gasteiger partial charge in [0.2, 0.25) is 5.91 Å². The molecule has 2 aliphatic rings. The molecule has 1 saturated carbocycles. The molecule has 1 atom stereocenters. The van der Waals surface area contributed by atoms with E-state index in [1.165, 1.54) is 11.5 Å². The van der Waals surface area contributed by atoms with Crippen LogP contribution in [0.5, 0.6) is 0 Å². The fourth-order valence-electron chi connectivity index (χ4n) is 2.22. The topological polar surface area (TPSA) is 49.8 Å². The highest BCUT2D eigenvalue weighted by Crippen LogP contribution is 2.43. The summed E-state index contributed by atoms with van der Waals surface area (Å²) in [5, 5.41) is 10.1. The Morgan fingerprint density at radius 3 is 2.86 bits per heavy atom. The molecule has 0 spiro atoms. The number of hydroxylamine groups is 2. The van der Waals surface area contributed by atoms with E-state index in [4.69, 9.17) is 9.94 Å². The maximum absolute atomic E-state index is 11.5. The summed E-state index contributed by atoms with van der Waals surface area (Å²) < 4.78 is 0. The SMILES string of the molecule is CC1(C2CCC2)CC(=O)N(CCO)O1. The molecule has 4 nitrogen and oxygen atoms in total. The number of hydrogen-bond acceptors (Lipinski definition) is 3. The first-order valence-corrected chi connectivity index (χ1v) is 5.26. The van der Waals surface area contributed by atoms with E-state index in [-0.39, 0.29) is 18.1 Å². The minimum atomic E-state index is -0.301. The Kier molecular flexibility index (Phi) is 2.49. The van der Waals surface area contributed by atoms with Crippen molar-refractivity contribution in [2.75, 3.05) is 13.2 Å². The van der Waals surface area contributed by atoms with Gasteiger partial charge in [-0.05, 0) is 25.7 Å². The van der Waals surface area contributed by atoms with Crippen molar-refractivity contribution in [3.05, 3.63) is 0 Å². The van der Waals surface area contributed by atoms with Crippen molar-refractivity contribution in [1.29, 1.82) is 0 Å². The highest BCUT2D eigenvalue weighted by Gasteiger charge is 2.48. The number of rotatable bonds is 3. The van der Waals surface area contributed by atoms with Crippen LogP contribution >= 0.6 is 0 Å². The molecule has 2 rings (SSSR count). The summed E-state index contributed by atoms with van der Waals surface area (Å²) in [4.78, 5) is 17.1. The van der Waals surface area contributed by atoms with Crippen LogP contribution in [0, 0.1) is 5.92 Å². The summed E-state index contributed by atoms with van der Waals surface area (Å²) in [7, 11) is 0. The molecule has 1 saturated heterocycles. The van der Waals surface area contributed by atoms with Gasteiger partial charge < -0.3 is 5.11 Å². The van der Waals surface area contributed by atoms with Crippen LogP contribution in [0.25, 0.3) is 0 Å². The van der Waals surface area contributed by atoms with E-state index >= 15 is 0 Å². The van der Waals surface area contributed by atoms with Gasteiger partial charge in [-0.2, -0.15) is 0 Å². The third-order valence-corrected chi connectivity index (χ3v) is 3.37. The van der Waals surface area contributed by atoms with Crippen LogP contribution in [-0.4, -0.2) is 34.8 Å². The summed E-state index contributed by atoms with van der Waals surface area (Å²) in [6.07, 6.45) is 4.04. The standard InChI is InChI=1S/C10H17NO3/c1-10(8-3-2-4-8)7-9(13)11(14-10)5-6-12/h8,12H,2-7H2,1H3. The lowest BCUT2D eigenvalue weighted by Gasteiger charge is -2.38. The molecule has 2 fully saturated rings. The summed E-state index contributed by atoms with van der Waals surface area (Å²) in [6, 6.07) is 0. The van der Waals surface area contributed by atoms with Crippen LogP contribution in [0.3, 0.4) is 0 Å². The molecule has 0 bridgehead atoms. The van der Waals surface area contributed by atoms with Gasteiger partial charge in [0.05, 0.1) is 19.6 Å². The zero-order valence-corrected chi connectivity index (χ0v) is 8.53. The molecular weight excluding hydrogens is 182 g/mol. The Balaban J connectivity index is 1.99. The van der Waals surface area contributed by atoms with Crippen LogP contribution in [0.2, 0.25) is 0 Å². The van der Waals surface area contributed by atoms with E-state index in [9.17, 15) is 4.79 Å². The Bertz CT molecular complexity index is 240. The molecular formula is C10H17NO3. The predicted octanol–water partition coefficient (Wildman–Crippen LogP) is 0.701. The van der Waals surface area contributed by atoms with E-state index in [1.54, 1.807) is 0 Å². The summed E-state index contributed by atoms with van der Waals surface area (Å²) >= 11 is 0. The average Bonchev–Trinajstić information content (AvgIpc) is 2.24. The van der Waals surface area contributed by atoms with Crippen LogP contribution in [0.15, 0.2) is 0 Å². The van der Waals surface area contributed by atoms with Gasteiger partial charge in [0.1, 0.15) is 5.60 Å². The Hall–Kier alpha value is -0.610. The highest BCUT2D eigenvalue weighted by atomic mass is 16.7. The third kappa shape index (κ3) is 1.53. The van der Waals surface area contributed by atoms with Gasteiger partial charge in [-0.3, -0.25) is 9.63 Å². The molecule has 4 heteroatoms. The lowest BCUT2D eigenvalue weighted by molar-refractivity contribution is -0.217. The van der Waals surface area contributed by atoms with E-state index in [0.29, 0.717) is 18.9 Å². The van der Waals surface area contributed by atoms with E-state index in [2.05, 4.69) is 0 Å². The van der Waals surface area contributed by atoms with E-state index in [1.807, 2.05) is 6.92 Å². The maximum atomic E-state index is 11.5. The molecule has 1 amide bonds. The normalized spacial score (nSPS) is 33.6. The van der Waals surface area contributed by atoms with Crippen LogP contribution < -0.4 is 0 Å². The van der Waals surface area contributed by atoms with Gasteiger partial charge >= 0.3 is 0 Å². The van der Waals surface area contributed by atoms with Gasteiger partial charge in [-0.1, -0.05) is 6.42 Å². The van der Waals surface area contributed by atoms with Gasteiger partial charge in [-0.25, -0.2) is 5.06 Å². The molecule has 80 valence electrons. The van der Waals surface area contributed by atoms with Crippen molar-refractivity contribution < 1.29 is 14.7 Å². The largest absolute Gasteiger partial charge is 0.394 e. The molecule has 1 aliphatic heterocycles. The lowest BCUT2D eigenvalue weighted by Crippen LogP contribution is -2.40. The minimum Gasteiger partial charge on any atom is -0.394 e. The molecule has 1 heterocycles. The second-order valence-corrected chi connectivity index (χ2v) is 4.43. The van der Waals surface area contributed by atoms with E-state index < -0.39 is 0 Å². The number of β-amino-alcohol motifs (C(OH)–C–C–N with tert-alkyl or cyclic N) is 1. The van der Waals surface area contributed by atoms with Crippen molar-refractivity contribution in [1.82, 2.24) is 5.06 Å². The van der Waals surface area contributed by atoms with Gasteiger partial charge in [0.15, 0.2) is 0 Å². The zero-order chi connectivity index (χ0) is 10.2. The molecule has 1 unspecified atom stereocenters. The maximum Gasteiger partial charge on any atom is 0.249 e. The Morgan fingerprint density at radius 1 is 1.64 bits per heavy atom. The number of aliphatic hydroxyl groups excluding tert-OH is 1. The number of carbonyl (C=O) groups excluding carboxylic acids is 1. The van der Waals surface area contributed by atoms with Gasteiger partial charge in [-0.15, -0.1) is 0 Å². The quantitative estimate of drug-likeness (QED) is 0.728. The molecule has 0 aromatic heterocycles. The number of nitrogens with zero attached hydrogens (tertiary/aromatic N) is 1. The predicted molar refractivity (Wildman–Crippen MR) is 50.2 cm³/mol. The Morgan fingerprint density at radius 2 is 2.36 bits per heavy atom.